The highest BCUT2D eigenvalue weighted by Gasteiger charge is 2.31. The Labute approximate surface area is 140 Å². The van der Waals surface area contributed by atoms with Crippen molar-refractivity contribution in [3.05, 3.63) is 35.6 Å². The zero-order valence-corrected chi connectivity index (χ0v) is 14.1. The van der Waals surface area contributed by atoms with Gasteiger partial charge in [0, 0.05) is 25.6 Å². The van der Waals surface area contributed by atoms with Gasteiger partial charge in [-0.15, -0.1) is 0 Å². The van der Waals surface area contributed by atoms with Gasteiger partial charge in [-0.3, -0.25) is 9.59 Å². The number of nitrogens with zero attached hydrogens (tertiary/aromatic N) is 2. The third kappa shape index (κ3) is 4.78. The van der Waals surface area contributed by atoms with Gasteiger partial charge in [-0.05, 0) is 18.1 Å². The molecule has 2 rings (SSSR count). The zero-order valence-electron chi connectivity index (χ0n) is 14.1. The van der Waals surface area contributed by atoms with Crippen LogP contribution >= 0.6 is 0 Å². The first kappa shape index (κ1) is 17.9. The normalized spacial score (nSPS) is 16.5. The maximum Gasteiger partial charge on any atom is 0.267 e. The van der Waals surface area contributed by atoms with Gasteiger partial charge in [0.15, 0.2) is 0 Å². The maximum absolute atomic E-state index is 13.3. The highest BCUT2D eigenvalue weighted by atomic mass is 19.1. The van der Waals surface area contributed by atoms with E-state index in [1.54, 1.807) is 19.2 Å². The third-order valence-corrected chi connectivity index (χ3v) is 3.57. The Kier molecular flexibility index (Phi) is 5.89. The Bertz CT molecular complexity index is 646. The summed E-state index contributed by atoms with van der Waals surface area (Å²) < 4.78 is 13.3. The molecule has 130 valence electrons. The molecule has 0 saturated heterocycles. The van der Waals surface area contributed by atoms with Crippen LogP contribution in [0.25, 0.3) is 0 Å². The van der Waals surface area contributed by atoms with E-state index in [0.717, 1.165) is 0 Å². The molecule has 6 nitrogen and oxygen atoms in total. The van der Waals surface area contributed by atoms with E-state index < -0.39 is 6.10 Å². The summed E-state index contributed by atoms with van der Waals surface area (Å²) in [6.45, 7) is 4.51. The van der Waals surface area contributed by atoms with Crippen LogP contribution in [0.1, 0.15) is 25.8 Å². The molecule has 1 aromatic rings. The summed E-state index contributed by atoms with van der Waals surface area (Å²) >= 11 is 0. The van der Waals surface area contributed by atoms with Gasteiger partial charge in [-0.25, -0.2) is 4.39 Å². The van der Waals surface area contributed by atoms with E-state index in [4.69, 9.17) is 4.84 Å². The van der Waals surface area contributed by atoms with Crippen LogP contribution in [0.5, 0.6) is 0 Å². The number of likely N-dealkylation sites (N-methyl/N-ethyl adjacent to an activating group) is 1. The molecule has 0 spiro atoms. The minimum atomic E-state index is -0.786. The fourth-order valence-electron chi connectivity index (χ4n) is 2.26. The van der Waals surface area contributed by atoms with Crippen LogP contribution in [0.2, 0.25) is 0 Å². The van der Waals surface area contributed by atoms with E-state index >= 15 is 0 Å². The summed E-state index contributed by atoms with van der Waals surface area (Å²) in [4.78, 5) is 30.6. The molecule has 1 aliphatic heterocycles. The van der Waals surface area contributed by atoms with E-state index in [0.29, 0.717) is 23.7 Å². The van der Waals surface area contributed by atoms with Crippen LogP contribution in [-0.4, -0.2) is 48.7 Å². The van der Waals surface area contributed by atoms with Gasteiger partial charge in [0.1, 0.15) is 5.82 Å². The van der Waals surface area contributed by atoms with Crippen LogP contribution in [-0.2, 0) is 14.4 Å². The van der Waals surface area contributed by atoms with Gasteiger partial charge in [0.05, 0.1) is 12.3 Å². The number of halogens is 1. The summed E-state index contributed by atoms with van der Waals surface area (Å²) in [6, 6.07) is 5.97. The Morgan fingerprint density at radius 1 is 1.46 bits per heavy atom. The lowest BCUT2D eigenvalue weighted by Gasteiger charge is -2.19. The van der Waals surface area contributed by atoms with E-state index in [1.165, 1.54) is 17.0 Å². The lowest BCUT2D eigenvalue weighted by molar-refractivity contribution is -0.143. The molecule has 1 unspecified atom stereocenters. The first-order chi connectivity index (χ1) is 11.4. The van der Waals surface area contributed by atoms with Gasteiger partial charge >= 0.3 is 0 Å². The summed E-state index contributed by atoms with van der Waals surface area (Å²) in [5, 5.41) is 6.63. The standard InChI is InChI=1S/C17H22FN3O3/c1-11(2)9-19-16(22)10-21(3)17(23)15-8-14(20-24-15)12-5-4-6-13(18)7-12/h4-7,11,15H,8-10H2,1-3H3,(H,19,22). The van der Waals surface area contributed by atoms with Crippen LogP contribution in [0.15, 0.2) is 29.4 Å². The Morgan fingerprint density at radius 2 is 2.21 bits per heavy atom. The van der Waals surface area contributed by atoms with Crippen molar-refractivity contribution in [1.82, 2.24) is 10.2 Å². The predicted molar refractivity (Wildman–Crippen MR) is 87.9 cm³/mol. The molecule has 0 aliphatic carbocycles. The molecule has 0 saturated carbocycles. The van der Waals surface area contributed by atoms with Crippen LogP contribution in [0.4, 0.5) is 4.39 Å². The number of carbonyl (C=O) groups is 2. The maximum atomic E-state index is 13.3. The van der Waals surface area contributed by atoms with E-state index in [1.807, 2.05) is 13.8 Å². The van der Waals surface area contributed by atoms with Crippen molar-refractivity contribution < 1.29 is 18.8 Å². The largest absolute Gasteiger partial charge is 0.382 e. The second-order valence-corrected chi connectivity index (χ2v) is 6.24. The van der Waals surface area contributed by atoms with Gasteiger partial charge < -0.3 is 15.1 Å². The molecule has 1 aromatic carbocycles. The van der Waals surface area contributed by atoms with Crippen molar-refractivity contribution in [3.8, 4) is 0 Å². The summed E-state index contributed by atoms with van der Waals surface area (Å²) in [7, 11) is 1.54. The van der Waals surface area contributed by atoms with Crippen LogP contribution in [0, 0.1) is 11.7 Å². The number of benzene rings is 1. The zero-order chi connectivity index (χ0) is 17.7. The molecule has 0 bridgehead atoms. The molecular formula is C17H22FN3O3. The number of carbonyl (C=O) groups excluding carboxylic acids is 2. The van der Waals surface area contributed by atoms with Gasteiger partial charge in [-0.2, -0.15) is 0 Å². The minimum Gasteiger partial charge on any atom is -0.382 e. The molecule has 1 N–H and O–H groups in total. The monoisotopic (exact) mass is 335 g/mol. The van der Waals surface area contributed by atoms with Crippen LogP contribution < -0.4 is 5.32 Å². The van der Waals surface area contributed by atoms with Crippen molar-refractivity contribution in [1.29, 1.82) is 0 Å². The molecule has 0 aromatic heterocycles. The highest BCUT2D eigenvalue weighted by molar-refractivity contribution is 6.04. The Morgan fingerprint density at radius 3 is 2.88 bits per heavy atom. The van der Waals surface area contributed by atoms with Crippen molar-refractivity contribution in [2.75, 3.05) is 20.1 Å². The molecule has 0 radical (unpaired) electrons. The summed E-state index contributed by atoms with van der Waals surface area (Å²) in [5.74, 6) is -0.576. The molecule has 1 aliphatic rings. The molecular weight excluding hydrogens is 313 g/mol. The highest BCUT2D eigenvalue weighted by Crippen LogP contribution is 2.18. The number of oxime groups is 1. The van der Waals surface area contributed by atoms with Gasteiger partial charge in [-0.1, -0.05) is 31.1 Å². The van der Waals surface area contributed by atoms with E-state index in [2.05, 4.69) is 10.5 Å². The SMILES string of the molecule is CC(C)CNC(=O)CN(C)C(=O)C1CC(c2cccc(F)c2)=NO1. The van der Waals surface area contributed by atoms with Crippen molar-refractivity contribution in [2.45, 2.75) is 26.4 Å². The minimum absolute atomic E-state index is 0.0410. The smallest absolute Gasteiger partial charge is 0.267 e. The molecule has 7 heteroatoms. The average molecular weight is 335 g/mol. The quantitative estimate of drug-likeness (QED) is 0.857. The fourth-order valence-corrected chi connectivity index (χ4v) is 2.26. The second kappa shape index (κ2) is 7.90. The van der Waals surface area contributed by atoms with Crippen molar-refractivity contribution in [3.63, 3.8) is 0 Å². The molecule has 1 atom stereocenters. The molecule has 2 amide bonds. The van der Waals surface area contributed by atoms with Crippen molar-refractivity contribution in [2.24, 2.45) is 11.1 Å². The lowest BCUT2D eigenvalue weighted by atomic mass is 10.0. The number of rotatable bonds is 6. The van der Waals surface area contributed by atoms with E-state index in [-0.39, 0.29) is 30.6 Å². The first-order valence-corrected chi connectivity index (χ1v) is 7.87. The Hall–Kier alpha value is -2.44. The number of nitrogens with one attached hydrogen (secondary N) is 1. The molecule has 1 heterocycles. The van der Waals surface area contributed by atoms with Gasteiger partial charge in [0.25, 0.3) is 5.91 Å². The van der Waals surface area contributed by atoms with E-state index in [9.17, 15) is 14.0 Å². The second-order valence-electron chi connectivity index (χ2n) is 6.24. The van der Waals surface area contributed by atoms with Crippen molar-refractivity contribution >= 4 is 17.5 Å². The number of hydrogen-bond acceptors (Lipinski definition) is 4. The first-order valence-electron chi connectivity index (χ1n) is 7.87. The van der Waals surface area contributed by atoms with Crippen LogP contribution in [0.3, 0.4) is 0 Å². The predicted octanol–water partition coefficient (Wildman–Crippen LogP) is 1.55. The lowest BCUT2D eigenvalue weighted by Crippen LogP contribution is -2.43. The fraction of sp³-hybridized carbons (Fsp3) is 0.471. The summed E-state index contributed by atoms with van der Waals surface area (Å²) in [6.07, 6.45) is -0.536. The Balaban J connectivity index is 1.87. The molecule has 24 heavy (non-hydrogen) atoms. The topological polar surface area (TPSA) is 71.0 Å². The summed E-state index contributed by atoms with van der Waals surface area (Å²) in [5.41, 5.74) is 1.10. The average Bonchev–Trinajstić information content (AvgIpc) is 3.02. The number of amides is 2. The van der Waals surface area contributed by atoms with Gasteiger partial charge in [0.2, 0.25) is 12.0 Å². The third-order valence-electron chi connectivity index (χ3n) is 3.57. The number of hydrogen-bond donors (Lipinski definition) is 1. The molecule has 0 fully saturated rings.